The van der Waals surface area contributed by atoms with E-state index < -0.39 is 89.7 Å². The molecule has 0 saturated carbocycles. The standard InChI is InChI=1S/C10H11F3N2O5.C9H9F3N2O6/c11-10(12,13)4-2-15(9(19)14-8(4)18)7-1-5(17)6(3-16)20-7;10-7(18)4(3-15)20-9(12,8(7,11)19)14-2-1-5(16)13-6(14)17/h2,5-7,16-17H,1,3H2,(H,14,18,19);1-2,4,15,18-19H,3H2,(H,13,16,17)/t5-,6+,7+;4-,7-,8-,9+/m01/s1. The highest BCUT2D eigenvalue weighted by Crippen LogP contribution is 2.51. The number of rotatable bonds is 4. The number of aromatic nitrogens is 4. The molecule has 224 valence electrons. The van der Waals surface area contributed by atoms with Gasteiger partial charge in [0.2, 0.25) is 0 Å². The highest BCUT2D eigenvalue weighted by atomic mass is 19.4. The molecule has 0 unspecified atom stereocenters. The number of nitrogens with one attached hydrogen (secondary N) is 2. The molecule has 15 nitrogen and oxygen atoms in total. The van der Waals surface area contributed by atoms with Gasteiger partial charge in [0, 0.05) is 24.9 Å². The zero-order valence-electron chi connectivity index (χ0n) is 19.5. The molecule has 2 aromatic rings. The van der Waals surface area contributed by atoms with Crippen LogP contribution in [-0.2, 0) is 21.6 Å². The minimum atomic E-state index is -4.92. The van der Waals surface area contributed by atoms with Gasteiger partial charge >= 0.3 is 35.2 Å². The third-order valence-corrected chi connectivity index (χ3v) is 5.87. The van der Waals surface area contributed by atoms with Gasteiger partial charge in [-0.05, 0) is 0 Å². The Hall–Kier alpha value is -3.34. The molecule has 2 saturated heterocycles. The first kappa shape index (κ1) is 31.2. The number of aromatic amines is 2. The van der Waals surface area contributed by atoms with Crippen molar-refractivity contribution in [1.29, 1.82) is 0 Å². The predicted octanol–water partition coefficient (Wildman–Crippen LogP) is -2.98. The maximum atomic E-state index is 14.4. The molecule has 0 aromatic carbocycles. The number of hydrogen-bond donors (Lipinski definition) is 7. The van der Waals surface area contributed by atoms with E-state index in [0.29, 0.717) is 23.0 Å². The van der Waals surface area contributed by atoms with Crippen LogP contribution in [0.15, 0.2) is 37.6 Å². The number of hydrogen-bond acceptors (Lipinski definition) is 11. The van der Waals surface area contributed by atoms with E-state index in [9.17, 15) is 55.7 Å². The normalized spacial score (nSPS) is 34.0. The second kappa shape index (κ2) is 10.6. The van der Waals surface area contributed by atoms with Crippen molar-refractivity contribution in [3.8, 4) is 0 Å². The number of H-pyrrole nitrogens is 2. The summed E-state index contributed by atoms with van der Waals surface area (Å²) < 4.78 is 89.2. The maximum Gasteiger partial charge on any atom is 0.423 e. The van der Waals surface area contributed by atoms with Gasteiger partial charge in [-0.1, -0.05) is 0 Å². The lowest BCUT2D eigenvalue weighted by atomic mass is 10.0. The molecule has 2 fully saturated rings. The van der Waals surface area contributed by atoms with Gasteiger partial charge in [0.1, 0.15) is 17.9 Å². The van der Waals surface area contributed by atoms with E-state index in [4.69, 9.17) is 20.1 Å². The summed E-state index contributed by atoms with van der Waals surface area (Å²) in [5.41, 5.74) is -6.70. The van der Waals surface area contributed by atoms with E-state index in [0.717, 1.165) is 0 Å². The van der Waals surface area contributed by atoms with Gasteiger partial charge in [-0.2, -0.15) is 22.0 Å². The van der Waals surface area contributed by atoms with Crippen LogP contribution in [0.2, 0.25) is 0 Å². The lowest BCUT2D eigenvalue weighted by Crippen LogP contribution is -2.60. The molecule has 0 bridgehead atoms. The summed E-state index contributed by atoms with van der Waals surface area (Å²) in [4.78, 5) is 47.9. The highest BCUT2D eigenvalue weighted by molar-refractivity contribution is 5.09. The summed E-state index contributed by atoms with van der Waals surface area (Å²) in [5.74, 6) is -13.2. The van der Waals surface area contributed by atoms with Crippen LogP contribution in [-0.4, -0.2) is 87.9 Å². The van der Waals surface area contributed by atoms with E-state index in [1.807, 2.05) is 0 Å². The van der Waals surface area contributed by atoms with Crippen LogP contribution in [0.5, 0.6) is 0 Å². The van der Waals surface area contributed by atoms with E-state index in [1.165, 1.54) is 4.98 Å². The SMILES string of the molecule is O=c1[nH]c(=O)n([C@H]2C[C@H](O)[C@@H](CO)O2)cc1C(F)(F)F.O=c1ccn([C@]2(F)O[C@H](CO)[C@](O)(F)[C@]2(O)F)c(=O)[nH]1. The van der Waals surface area contributed by atoms with Crippen LogP contribution in [0.4, 0.5) is 26.3 Å². The summed E-state index contributed by atoms with van der Waals surface area (Å²) in [6.45, 7) is -1.93. The lowest BCUT2D eigenvalue weighted by molar-refractivity contribution is -0.356. The molecular formula is C19H20F6N4O11. The quantitative estimate of drug-likeness (QED) is 0.177. The van der Waals surface area contributed by atoms with Crippen LogP contribution in [0.1, 0.15) is 18.2 Å². The molecule has 0 spiro atoms. The smallest absolute Gasteiger partial charge is 0.394 e. The van der Waals surface area contributed by atoms with Gasteiger partial charge in [-0.15, -0.1) is 0 Å². The number of nitrogens with zero attached hydrogens (tertiary/aromatic N) is 2. The van der Waals surface area contributed by atoms with Crippen LogP contribution < -0.4 is 22.5 Å². The Bertz CT molecular complexity index is 1470. The van der Waals surface area contributed by atoms with Crippen molar-refractivity contribution in [3.63, 3.8) is 0 Å². The summed E-state index contributed by atoms with van der Waals surface area (Å²) >= 11 is 0. The number of halogens is 6. The molecule has 7 N–H and O–H groups in total. The van der Waals surface area contributed by atoms with Crippen molar-refractivity contribution < 1.29 is 61.3 Å². The number of alkyl halides is 6. The molecule has 0 amide bonds. The van der Waals surface area contributed by atoms with Gasteiger partial charge < -0.3 is 35.0 Å². The third kappa shape index (κ3) is 5.23. The molecule has 21 heteroatoms. The molecule has 0 radical (unpaired) electrons. The predicted molar refractivity (Wildman–Crippen MR) is 112 cm³/mol. The fourth-order valence-corrected chi connectivity index (χ4v) is 3.74. The first-order valence-corrected chi connectivity index (χ1v) is 10.8. The Morgan fingerprint density at radius 2 is 1.65 bits per heavy atom. The molecule has 40 heavy (non-hydrogen) atoms. The van der Waals surface area contributed by atoms with Crippen molar-refractivity contribution in [2.24, 2.45) is 0 Å². The van der Waals surface area contributed by atoms with Crippen molar-refractivity contribution in [3.05, 3.63) is 65.7 Å². The average Bonchev–Trinajstić information content (AvgIpc) is 3.27. The molecule has 2 aromatic heterocycles. The second-order valence-electron chi connectivity index (χ2n) is 8.45. The zero-order valence-corrected chi connectivity index (χ0v) is 19.5. The highest BCUT2D eigenvalue weighted by Gasteiger charge is 2.79. The zero-order chi connectivity index (χ0) is 30.4. The van der Waals surface area contributed by atoms with Crippen molar-refractivity contribution in [1.82, 2.24) is 19.1 Å². The van der Waals surface area contributed by atoms with Crippen LogP contribution in [0.3, 0.4) is 0 Å². The Morgan fingerprint density at radius 3 is 2.12 bits per heavy atom. The monoisotopic (exact) mass is 594 g/mol. The van der Waals surface area contributed by atoms with Gasteiger partial charge in [-0.25, -0.2) is 18.5 Å². The summed E-state index contributed by atoms with van der Waals surface area (Å²) in [5, 5.41) is 45.5. The van der Waals surface area contributed by atoms with Gasteiger partial charge in [0.15, 0.2) is 6.10 Å². The fourth-order valence-electron chi connectivity index (χ4n) is 3.74. The van der Waals surface area contributed by atoms with Crippen LogP contribution in [0.25, 0.3) is 0 Å². The Labute approximate surface area is 215 Å². The van der Waals surface area contributed by atoms with Crippen molar-refractivity contribution in [2.45, 2.75) is 54.8 Å². The van der Waals surface area contributed by atoms with Crippen LogP contribution in [0, 0.1) is 0 Å². The molecule has 0 aliphatic carbocycles. The Balaban J connectivity index is 0.000000220. The third-order valence-electron chi connectivity index (χ3n) is 5.87. The fraction of sp³-hybridized carbons (Fsp3) is 0.579. The number of aliphatic hydroxyl groups excluding tert-OH is 3. The molecule has 4 heterocycles. The second-order valence-corrected chi connectivity index (χ2v) is 8.45. The van der Waals surface area contributed by atoms with E-state index in [2.05, 4.69) is 4.74 Å². The van der Waals surface area contributed by atoms with Gasteiger partial charge in [0.05, 0.1) is 19.3 Å². The summed E-state index contributed by atoms with van der Waals surface area (Å²) in [6, 6.07) is 0.575. The minimum Gasteiger partial charge on any atom is -0.394 e. The first-order chi connectivity index (χ1) is 18.3. The van der Waals surface area contributed by atoms with E-state index in [-0.39, 0.29) is 11.0 Å². The summed E-state index contributed by atoms with van der Waals surface area (Å²) in [7, 11) is 0. The molecule has 7 atom stereocenters. The first-order valence-electron chi connectivity index (χ1n) is 10.8. The van der Waals surface area contributed by atoms with Crippen molar-refractivity contribution in [2.75, 3.05) is 13.2 Å². The number of ether oxygens (including phenoxy) is 2. The van der Waals surface area contributed by atoms with E-state index in [1.54, 1.807) is 4.98 Å². The minimum absolute atomic E-state index is 0.172. The molecular weight excluding hydrogens is 574 g/mol. The van der Waals surface area contributed by atoms with Gasteiger partial charge in [-0.3, -0.25) is 24.1 Å². The lowest BCUT2D eigenvalue weighted by Gasteiger charge is -2.30. The molecule has 2 aliphatic rings. The largest absolute Gasteiger partial charge is 0.423 e. The summed E-state index contributed by atoms with van der Waals surface area (Å²) in [6.07, 6.45) is -10.1. The number of aliphatic hydroxyl groups is 5. The van der Waals surface area contributed by atoms with E-state index >= 15 is 0 Å². The Kier molecular flexibility index (Phi) is 8.24. The van der Waals surface area contributed by atoms with Crippen LogP contribution >= 0.6 is 0 Å². The van der Waals surface area contributed by atoms with Crippen molar-refractivity contribution >= 4 is 0 Å². The topological polar surface area (TPSA) is 229 Å². The molecule has 2 aliphatic heterocycles. The average molecular weight is 594 g/mol. The Morgan fingerprint density at radius 1 is 1.02 bits per heavy atom. The van der Waals surface area contributed by atoms with Gasteiger partial charge in [0.25, 0.3) is 11.1 Å². The molecule has 4 rings (SSSR count). The maximum absolute atomic E-state index is 14.4.